The second kappa shape index (κ2) is 30.0. The van der Waals surface area contributed by atoms with Crippen molar-refractivity contribution in [3.05, 3.63) is 12.2 Å². The zero-order valence-electron chi connectivity index (χ0n) is 27.9. The number of rotatable bonds is 33. The minimum absolute atomic E-state index is 0.0516. The molecule has 0 saturated heterocycles. The van der Waals surface area contributed by atoms with Crippen molar-refractivity contribution in [3.8, 4) is 0 Å². The fourth-order valence-corrected chi connectivity index (χ4v) is 5.70. The Balaban J connectivity index is 4.01. The topological polar surface area (TPSA) is 94.8 Å². The van der Waals surface area contributed by atoms with Crippen molar-refractivity contribution in [2.45, 2.75) is 205 Å². The van der Waals surface area contributed by atoms with Gasteiger partial charge in [-0.05, 0) is 38.5 Å². The highest BCUT2D eigenvalue weighted by atomic mass is 16.4. The number of hydrogen-bond acceptors (Lipinski definition) is 5. The Bertz CT molecular complexity index is 646. The van der Waals surface area contributed by atoms with Crippen molar-refractivity contribution < 1.29 is 24.9 Å². The molecule has 0 bridgehead atoms. The Morgan fingerprint density at radius 3 is 1.12 bits per heavy atom. The van der Waals surface area contributed by atoms with E-state index in [0.29, 0.717) is 12.8 Å². The van der Waals surface area contributed by atoms with Crippen LogP contribution in [0.15, 0.2) is 12.2 Å². The summed E-state index contributed by atoms with van der Waals surface area (Å²) in [5.74, 6) is -1.30. The number of aliphatic hydroxyl groups excluding tert-OH is 2. The van der Waals surface area contributed by atoms with Crippen molar-refractivity contribution in [1.82, 2.24) is 0 Å². The number of carbonyl (C=O) groups excluding carboxylic acids is 2. The number of hydrogen-bond donors (Lipinski definition) is 3. The summed E-state index contributed by atoms with van der Waals surface area (Å²) < 4.78 is 0. The zero-order valence-corrected chi connectivity index (χ0v) is 27.9. The summed E-state index contributed by atoms with van der Waals surface area (Å²) in [6.45, 7) is 3.69. The molecule has 2 atom stereocenters. The van der Waals surface area contributed by atoms with Gasteiger partial charge < -0.3 is 15.3 Å². The molecule has 0 aromatic heterocycles. The summed E-state index contributed by atoms with van der Waals surface area (Å²) in [6.07, 6.45) is 33.3. The van der Waals surface area contributed by atoms with Crippen molar-refractivity contribution in [1.29, 1.82) is 0 Å². The monoisotopic (exact) mass is 595 g/mol. The van der Waals surface area contributed by atoms with Gasteiger partial charge >= 0.3 is 0 Å². The van der Waals surface area contributed by atoms with Crippen molar-refractivity contribution in [3.63, 3.8) is 0 Å². The fourth-order valence-electron chi connectivity index (χ4n) is 5.70. The molecule has 0 aliphatic carbocycles. The van der Waals surface area contributed by atoms with E-state index in [1.54, 1.807) is 0 Å². The molecular formula is C37H70O5. The largest absolute Gasteiger partial charge is 0.394 e. The maximum Gasteiger partial charge on any atom is 0.209 e. The molecule has 0 aliphatic heterocycles. The second-order valence-electron chi connectivity index (χ2n) is 12.6. The molecule has 0 amide bonds. The van der Waals surface area contributed by atoms with Crippen LogP contribution in [0.1, 0.15) is 194 Å². The van der Waals surface area contributed by atoms with Crippen LogP contribution in [0.2, 0.25) is 0 Å². The summed E-state index contributed by atoms with van der Waals surface area (Å²) in [4.78, 5) is 25.6. The van der Waals surface area contributed by atoms with Crippen molar-refractivity contribution in [2.75, 3.05) is 6.61 Å². The number of ketones is 2. The van der Waals surface area contributed by atoms with E-state index < -0.39 is 29.9 Å². The highest BCUT2D eigenvalue weighted by Crippen LogP contribution is 2.22. The molecule has 248 valence electrons. The minimum atomic E-state index is -2.48. The molecule has 0 rings (SSSR count). The van der Waals surface area contributed by atoms with E-state index in [0.717, 1.165) is 51.4 Å². The van der Waals surface area contributed by atoms with Gasteiger partial charge in [-0.2, -0.15) is 0 Å². The summed E-state index contributed by atoms with van der Waals surface area (Å²) in [7, 11) is 0. The van der Waals surface area contributed by atoms with E-state index in [-0.39, 0.29) is 12.8 Å². The van der Waals surface area contributed by atoms with E-state index in [9.17, 15) is 24.9 Å². The minimum Gasteiger partial charge on any atom is -0.394 e. The lowest BCUT2D eigenvalue weighted by Gasteiger charge is -2.29. The third kappa shape index (κ3) is 21.6. The lowest BCUT2D eigenvalue weighted by Crippen LogP contribution is -2.57. The Labute approximate surface area is 260 Å². The summed E-state index contributed by atoms with van der Waals surface area (Å²) in [5, 5.41) is 30.5. The predicted molar refractivity (Wildman–Crippen MR) is 178 cm³/mol. The summed E-state index contributed by atoms with van der Waals surface area (Å²) in [6, 6.07) is 0. The standard InChI is InChI=1S/C37H70O5/c1-3-5-7-9-11-13-15-17-18-20-22-24-26-28-30-32-35(40)37(42,36(41)33-38)34(39)31-29-27-25-23-21-19-16-14-12-10-8-6-4-2/h17-18,36,38,41-42H,3-16,19-33H2,1-2H3/b18-17-. The van der Waals surface area contributed by atoms with Gasteiger partial charge in [0.05, 0.1) is 6.61 Å². The van der Waals surface area contributed by atoms with Gasteiger partial charge in [0.15, 0.2) is 11.6 Å². The molecule has 0 heterocycles. The van der Waals surface area contributed by atoms with Crippen LogP contribution >= 0.6 is 0 Å². The van der Waals surface area contributed by atoms with Crippen LogP contribution in [0, 0.1) is 0 Å². The summed E-state index contributed by atoms with van der Waals surface area (Å²) in [5.41, 5.74) is -2.48. The molecule has 5 nitrogen and oxygen atoms in total. The lowest BCUT2D eigenvalue weighted by atomic mass is 9.82. The molecule has 0 aromatic rings. The summed E-state index contributed by atoms with van der Waals surface area (Å²) >= 11 is 0. The van der Waals surface area contributed by atoms with Crippen LogP contribution in [-0.2, 0) is 9.59 Å². The van der Waals surface area contributed by atoms with Crippen LogP contribution in [0.4, 0.5) is 0 Å². The molecule has 42 heavy (non-hydrogen) atoms. The number of Topliss-reactive ketones (excluding diaryl/α,β-unsaturated/α-hetero) is 2. The maximum atomic E-state index is 12.8. The van der Waals surface area contributed by atoms with Crippen LogP contribution in [0.5, 0.6) is 0 Å². The normalized spacial score (nSPS) is 13.9. The van der Waals surface area contributed by atoms with Gasteiger partial charge in [0.2, 0.25) is 5.60 Å². The Kier molecular flexibility index (Phi) is 29.3. The molecule has 0 aromatic carbocycles. The first kappa shape index (κ1) is 41.0. The van der Waals surface area contributed by atoms with E-state index in [1.165, 1.54) is 103 Å². The van der Waals surface area contributed by atoms with Crippen LogP contribution in [0.25, 0.3) is 0 Å². The first-order chi connectivity index (χ1) is 20.4. The molecule has 2 unspecified atom stereocenters. The van der Waals surface area contributed by atoms with Gasteiger partial charge in [0, 0.05) is 12.8 Å². The van der Waals surface area contributed by atoms with E-state index in [1.807, 2.05) is 0 Å². The maximum absolute atomic E-state index is 12.8. The molecule has 0 fully saturated rings. The second-order valence-corrected chi connectivity index (χ2v) is 12.6. The Morgan fingerprint density at radius 1 is 0.524 bits per heavy atom. The highest BCUT2D eigenvalue weighted by molar-refractivity contribution is 6.10. The van der Waals surface area contributed by atoms with E-state index in [4.69, 9.17) is 0 Å². The number of unbranched alkanes of at least 4 members (excludes halogenated alkanes) is 23. The Hall–Kier alpha value is -1.04. The molecule has 0 aliphatic rings. The fraction of sp³-hybridized carbons (Fsp3) is 0.892. The van der Waals surface area contributed by atoms with E-state index in [2.05, 4.69) is 26.0 Å². The van der Waals surface area contributed by atoms with Gasteiger partial charge in [-0.25, -0.2) is 0 Å². The molecule has 0 spiro atoms. The van der Waals surface area contributed by atoms with E-state index >= 15 is 0 Å². The number of carbonyl (C=O) groups is 2. The predicted octanol–water partition coefficient (Wildman–Crippen LogP) is 9.73. The van der Waals surface area contributed by atoms with Crippen molar-refractivity contribution in [2.24, 2.45) is 0 Å². The van der Waals surface area contributed by atoms with Crippen LogP contribution in [-0.4, -0.2) is 45.2 Å². The van der Waals surface area contributed by atoms with Crippen molar-refractivity contribution >= 4 is 11.6 Å². The number of allylic oxidation sites excluding steroid dienone is 2. The smallest absolute Gasteiger partial charge is 0.209 e. The molecular weight excluding hydrogens is 524 g/mol. The molecule has 0 radical (unpaired) electrons. The SMILES string of the molecule is CCCCCCCC/C=C\CCCCCCCC(=O)C(O)(C(=O)CCCCCCCCCCCCCCC)C(O)CO. The first-order valence-electron chi connectivity index (χ1n) is 18.2. The molecule has 5 heteroatoms. The van der Waals surface area contributed by atoms with Gasteiger partial charge in [0.25, 0.3) is 0 Å². The lowest BCUT2D eigenvalue weighted by molar-refractivity contribution is -0.166. The van der Waals surface area contributed by atoms with Crippen LogP contribution in [0.3, 0.4) is 0 Å². The third-order valence-corrected chi connectivity index (χ3v) is 8.68. The quantitative estimate of drug-likeness (QED) is 0.0399. The average Bonchev–Trinajstić information content (AvgIpc) is 3.00. The van der Waals surface area contributed by atoms with Gasteiger partial charge in [-0.3, -0.25) is 9.59 Å². The van der Waals surface area contributed by atoms with Gasteiger partial charge in [0.1, 0.15) is 6.10 Å². The molecule has 3 N–H and O–H groups in total. The van der Waals surface area contributed by atoms with Gasteiger partial charge in [-0.15, -0.1) is 0 Å². The zero-order chi connectivity index (χ0) is 31.2. The van der Waals surface area contributed by atoms with Gasteiger partial charge in [-0.1, -0.05) is 154 Å². The third-order valence-electron chi connectivity index (χ3n) is 8.68. The highest BCUT2D eigenvalue weighted by Gasteiger charge is 2.48. The average molecular weight is 595 g/mol. The van der Waals surface area contributed by atoms with Crippen LogP contribution < -0.4 is 0 Å². The Morgan fingerprint density at radius 2 is 0.810 bits per heavy atom. The molecule has 0 saturated carbocycles. The number of aliphatic hydroxyl groups is 3. The first-order valence-corrected chi connectivity index (χ1v) is 18.2.